The van der Waals surface area contributed by atoms with E-state index in [9.17, 15) is 16.8 Å². The van der Waals surface area contributed by atoms with Crippen LogP contribution < -0.4 is 4.90 Å². The van der Waals surface area contributed by atoms with Gasteiger partial charge in [0.1, 0.15) is 0 Å². The Morgan fingerprint density at radius 2 is 1.67 bits per heavy atom. The Kier molecular flexibility index (Phi) is 9.15. The molecule has 2 saturated heterocycles. The summed E-state index contributed by atoms with van der Waals surface area (Å²) in [4.78, 5) is 15.8. The molecule has 16 heteroatoms. The summed E-state index contributed by atoms with van der Waals surface area (Å²) in [5, 5.41) is 8.23. The van der Waals surface area contributed by atoms with E-state index >= 15 is 0 Å². The summed E-state index contributed by atoms with van der Waals surface area (Å²) >= 11 is 1.73. The number of hydrogen-bond acceptors (Lipinski definition) is 11. The molecule has 3 aromatic heterocycles. The molecular weight excluding hydrogens is 639 g/mol. The van der Waals surface area contributed by atoms with Gasteiger partial charge in [-0.15, -0.1) is 11.3 Å². The first-order chi connectivity index (χ1) is 21.6. The molecule has 5 aromatic rings. The number of aromatic nitrogens is 4. The number of anilines is 1. The normalized spacial score (nSPS) is 17.0. The van der Waals surface area contributed by atoms with Crippen molar-refractivity contribution in [3.63, 3.8) is 0 Å². The van der Waals surface area contributed by atoms with Gasteiger partial charge < -0.3 is 9.64 Å². The summed E-state index contributed by atoms with van der Waals surface area (Å²) in [5.74, 6) is 1.64. The van der Waals surface area contributed by atoms with E-state index in [1.165, 1.54) is 23.3 Å². The van der Waals surface area contributed by atoms with Gasteiger partial charge in [0.15, 0.2) is 11.6 Å². The lowest BCUT2D eigenvalue weighted by Crippen LogP contribution is -2.47. The lowest BCUT2D eigenvalue weighted by Gasteiger charge is -2.32. The first-order valence-corrected chi connectivity index (χ1v) is 18.4. The molecule has 2 N–H and O–H groups in total. The Morgan fingerprint density at radius 3 is 2.33 bits per heavy atom. The Bertz CT molecular complexity index is 2000. The second-order valence-corrected chi connectivity index (χ2v) is 15.3. The number of ether oxygens (including phenoxy) is 1. The molecular formula is C29H33N7O6S3. The lowest BCUT2D eigenvalue weighted by molar-refractivity contribution is 0.122. The summed E-state index contributed by atoms with van der Waals surface area (Å²) in [6.45, 7) is 6.22. The maximum atomic E-state index is 11.8. The van der Waals surface area contributed by atoms with Crippen molar-refractivity contribution in [1.82, 2.24) is 29.4 Å². The highest BCUT2D eigenvalue weighted by Gasteiger charge is 2.25. The summed E-state index contributed by atoms with van der Waals surface area (Å²) < 4.78 is 61.2. The molecule has 0 atom stereocenters. The summed E-state index contributed by atoms with van der Waals surface area (Å²) in [6, 6.07) is 15.6. The summed E-state index contributed by atoms with van der Waals surface area (Å²) in [5.41, 5.74) is 2.85. The fourth-order valence-electron chi connectivity index (χ4n) is 5.35. The van der Waals surface area contributed by atoms with Crippen LogP contribution in [0.4, 0.5) is 5.82 Å². The number of piperazine rings is 1. The number of benzene rings is 2. The molecule has 0 unspecified atom stereocenters. The Labute approximate surface area is 265 Å². The van der Waals surface area contributed by atoms with Crippen LogP contribution in [0.15, 0.2) is 65.7 Å². The van der Waals surface area contributed by atoms with Gasteiger partial charge in [-0.2, -0.15) is 17.8 Å². The number of sulfonamides is 1. The smallest absolute Gasteiger partial charge is 0.294 e. The number of aromatic amines is 1. The van der Waals surface area contributed by atoms with Gasteiger partial charge in [-0.05, 0) is 24.3 Å². The molecule has 2 aliphatic rings. The van der Waals surface area contributed by atoms with E-state index in [4.69, 9.17) is 19.3 Å². The third-order valence-electron chi connectivity index (χ3n) is 7.66. The first kappa shape index (κ1) is 31.5. The second-order valence-electron chi connectivity index (χ2n) is 10.8. The number of H-pyrrole nitrogens is 1. The number of morpholine rings is 1. The number of nitrogens with one attached hydrogen (secondary N) is 1. The van der Waals surface area contributed by atoms with Gasteiger partial charge in [0, 0.05) is 61.6 Å². The molecule has 238 valence electrons. The fourth-order valence-corrected chi connectivity index (χ4v) is 7.83. The van der Waals surface area contributed by atoms with Crippen molar-refractivity contribution in [2.75, 3.05) is 63.6 Å². The van der Waals surface area contributed by atoms with Gasteiger partial charge in [-0.1, -0.05) is 30.3 Å². The highest BCUT2D eigenvalue weighted by molar-refractivity contribution is 7.88. The lowest BCUT2D eigenvalue weighted by atomic mass is 10.1. The van der Waals surface area contributed by atoms with Crippen LogP contribution in [0.2, 0.25) is 0 Å². The van der Waals surface area contributed by atoms with E-state index in [-0.39, 0.29) is 4.90 Å². The Morgan fingerprint density at radius 1 is 0.933 bits per heavy atom. The predicted octanol–water partition coefficient (Wildman–Crippen LogP) is 3.08. The number of nitrogens with zero attached hydrogens (tertiary/aromatic N) is 6. The van der Waals surface area contributed by atoms with Gasteiger partial charge in [0.25, 0.3) is 10.1 Å². The van der Waals surface area contributed by atoms with Crippen LogP contribution in [0, 0.1) is 0 Å². The summed E-state index contributed by atoms with van der Waals surface area (Å²) in [7, 11) is -7.14. The zero-order valence-electron chi connectivity index (χ0n) is 24.5. The van der Waals surface area contributed by atoms with Crippen LogP contribution >= 0.6 is 11.3 Å². The fraction of sp³-hybridized carbons (Fsp3) is 0.345. The summed E-state index contributed by atoms with van der Waals surface area (Å²) in [6.07, 6.45) is 3.10. The predicted molar refractivity (Wildman–Crippen MR) is 173 cm³/mol. The molecule has 0 saturated carbocycles. The van der Waals surface area contributed by atoms with Gasteiger partial charge in [-0.25, -0.2) is 18.4 Å². The van der Waals surface area contributed by atoms with Crippen molar-refractivity contribution in [1.29, 1.82) is 0 Å². The number of thiophene rings is 1. The van der Waals surface area contributed by atoms with E-state index in [2.05, 4.69) is 26.1 Å². The van der Waals surface area contributed by atoms with Crippen molar-refractivity contribution in [3.8, 4) is 11.4 Å². The van der Waals surface area contributed by atoms with Gasteiger partial charge in [0.05, 0.1) is 46.3 Å². The van der Waals surface area contributed by atoms with Gasteiger partial charge in [0.2, 0.25) is 10.0 Å². The highest BCUT2D eigenvalue weighted by Crippen LogP contribution is 2.36. The molecule has 0 amide bonds. The van der Waals surface area contributed by atoms with Crippen LogP contribution in [0.1, 0.15) is 4.88 Å². The number of rotatable bonds is 6. The van der Waals surface area contributed by atoms with Crippen LogP contribution in [-0.2, 0) is 31.4 Å². The van der Waals surface area contributed by atoms with E-state index in [1.54, 1.807) is 33.8 Å². The van der Waals surface area contributed by atoms with Crippen LogP contribution in [0.5, 0.6) is 0 Å². The topological polar surface area (TPSA) is 162 Å². The van der Waals surface area contributed by atoms with E-state index in [0.29, 0.717) is 32.1 Å². The zero-order chi connectivity index (χ0) is 31.6. The maximum absolute atomic E-state index is 11.8. The maximum Gasteiger partial charge on any atom is 0.294 e. The molecule has 0 radical (unpaired) electrons. The van der Waals surface area contributed by atoms with Crippen LogP contribution in [-0.4, -0.2) is 109 Å². The molecule has 7 rings (SSSR count). The standard InChI is InChI=1S/C23H27N7O3S2.C6H6O3S/c1-35(31,32)30-7-5-28(6-8-30)15-16-13-20-21(34-16)23(29-9-11-33-12-10-29)26-22(25-20)17-3-2-4-19-18(17)14-24-27-19;7-10(8,9)6-4-2-1-3-5-6/h2-4,13-14H,5-12,15H2,1H3,(H,24,27);1-5H,(H,7,8,9). The van der Waals surface area contributed by atoms with Gasteiger partial charge in [-0.3, -0.25) is 14.6 Å². The van der Waals surface area contributed by atoms with Crippen molar-refractivity contribution < 1.29 is 26.1 Å². The van der Waals surface area contributed by atoms with E-state index in [0.717, 1.165) is 65.2 Å². The van der Waals surface area contributed by atoms with E-state index in [1.807, 2.05) is 24.4 Å². The molecule has 45 heavy (non-hydrogen) atoms. The second kappa shape index (κ2) is 13.1. The molecule has 0 spiro atoms. The molecule has 2 aromatic carbocycles. The van der Waals surface area contributed by atoms with Crippen LogP contribution in [0.25, 0.3) is 32.5 Å². The first-order valence-electron chi connectivity index (χ1n) is 14.3. The molecule has 2 fully saturated rings. The minimum absolute atomic E-state index is 0.0741. The molecule has 0 aliphatic carbocycles. The third-order valence-corrected chi connectivity index (χ3v) is 10.9. The number of hydrogen-bond donors (Lipinski definition) is 2. The minimum Gasteiger partial charge on any atom is -0.378 e. The van der Waals surface area contributed by atoms with Crippen molar-refractivity contribution in [2.24, 2.45) is 0 Å². The Hall–Kier alpha value is -3.51. The molecule has 0 bridgehead atoms. The minimum atomic E-state index is -4.00. The molecule has 13 nitrogen and oxygen atoms in total. The Balaban J connectivity index is 0.000000306. The van der Waals surface area contributed by atoms with Crippen molar-refractivity contribution in [2.45, 2.75) is 11.4 Å². The van der Waals surface area contributed by atoms with Crippen LogP contribution in [0.3, 0.4) is 0 Å². The SMILES string of the molecule is CS(=O)(=O)N1CCN(Cc2cc3nc(-c4cccc5[nH]ncc45)nc(N4CCOCC4)c3s2)CC1.O=S(=O)(O)c1ccccc1. The van der Waals surface area contributed by atoms with E-state index < -0.39 is 20.1 Å². The largest absolute Gasteiger partial charge is 0.378 e. The zero-order valence-corrected chi connectivity index (χ0v) is 27.0. The molecule has 2 aliphatic heterocycles. The van der Waals surface area contributed by atoms with Crippen molar-refractivity contribution >= 4 is 58.4 Å². The number of fused-ring (bicyclic) bond motifs is 2. The van der Waals surface area contributed by atoms with Crippen molar-refractivity contribution in [3.05, 3.63) is 65.7 Å². The molecule has 5 heterocycles. The average molecular weight is 672 g/mol. The quantitative estimate of drug-likeness (QED) is 0.255. The average Bonchev–Trinajstić information content (AvgIpc) is 3.68. The monoisotopic (exact) mass is 671 g/mol. The van der Waals surface area contributed by atoms with Gasteiger partial charge >= 0.3 is 0 Å². The highest BCUT2D eigenvalue weighted by atomic mass is 32.2. The third kappa shape index (κ3) is 7.33.